The number of carbonyl (C=O) groups excluding carboxylic acids is 4. The summed E-state index contributed by atoms with van der Waals surface area (Å²) in [4.78, 5) is 51.7. The zero-order valence-corrected chi connectivity index (χ0v) is 16.3. The fourth-order valence-corrected chi connectivity index (χ4v) is 3.27. The van der Waals surface area contributed by atoms with E-state index in [1.807, 2.05) is 30.3 Å². The summed E-state index contributed by atoms with van der Waals surface area (Å²) in [6.07, 6.45) is 0.133. The van der Waals surface area contributed by atoms with E-state index in [1.54, 1.807) is 31.2 Å². The Hall–Kier alpha value is -3.48. The van der Waals surface area contributed by atoms with Gasteiger partial charge in [0.05, 0.1) is 17.7 Å². The van der Waals surface area contributed by atoms with Crippen LogP contribution in [-0.4, -0.2) is 47.3 Å². The van der Waals surface area contributed by atoms with Crippen molar-refractivity contribution in [2.75, 3.05) is 6.61 Å². The Morgan fingerprint density at radius 2 is 1.52 bits per heavy atom. The smallest absolute Gasteiger partial charge is 0.328 e. The molecule has 0 bridgehead atoms. The second-order valence-electron chi connectivity index (χ2n) is 6.71. The average Bonchev–Trinajstić information content (AvgIpc) is 2.98. The van der Waals surface area contributed by atoms with Gasteiger partial charge in [0.1, 0.15) is 12.1 Å². The summed E-state index contributed by atoms with van der Waals surface area (Å²) in [5, 5.41) is 2.57. The highest BCUT2D eigenvalue weighted by Gasteiger charge is 2.43. The molecule has 0 aromatic heterocycles. The molecular formula is C22H22N2O5. The Labute approximate surface area is 168 Å². The first-order valence-corrected chi connectivity index (χ1v) is 9.42. The van der Waals surface area contributed by atoms with Crippen LogP contribution in [0.3, 0.4) is 0 Å². The summed E-state index contributed by atoms with van der Waals surface area (Å²) in [7, 11) is 0. The molecule has 0 aliphatic carbocycles. The molecule has 0 saturated carbocycles. The van der Waals surface area contributed by atoms with E-state index in [0.717, 1.165) is 10.5 Å². The number of fused-ring (bicyclic) bond motifs is 1. The van der Waals surface area contributed by atoms with Crippen molar-refractivity contribution in [1.82, 2.24) is 10.2 Å². The molecule has 29 heavy (non-hydrogen) atoms. The summed E-state index contributed by atoms with van der Waals surface area (Å²) in [6, 6.07) is 13.6. The van der Waals surface area contributed by atoms with E-state index < -0.39 is 35.8 Å². The first kappa shape index (κ1) is 20.3. The van der Waals surface area contributed by atoms with Gasteiger partial charge in [0, 0.05) is 6.42 Å². The highest BCUT2D eigenvalue weighted by atomic mass is 16.5. The van der Waals surface area contributed by atoms with Crippen LogP contribution >= 0.6 is 0 Å². The van der Waals surface area contributed by atoms with Crippen molar-refractivity contribution < 1.29 is 23.9 Å². The summed E-state index contributed by atoms with van der Waals surface area (Å²) in [5.41, 5.74) is 1.32. The second kappa shape index (κ2) is 8.68. The molecule has 1 N–H and O–H groups in total. The van der Waals surface area contributed by atoms with Crippen molar-refractivity contribution in [2.24, 2.45) is 0 Å². The van der Waals surface area contributed by atoms with Crippen LogP contribution in [-0.2, 0) is 20.7 Å². The van der Waals surface area contributed by atoms with Crippen LogP contribution in [0.2, 0.25) is 0 Å². The lowest BCUT2D eigenvalue weighted by Gasteiger charge is -2.26. The first-order valence-electron chi connectivity index (χ1n) is 9.42. The fraction of sp³-hybridized carbons (Fsp3) is 0.273. The van der Waals surface area contributed by atoms with Crippen LogP contribution in [0.15, 0.2) is 54.6 Å². The standard InChI is InChI=1S/C22H22N2O5/c1-3-29-22(28)14(2)23-19(25)18(13-15-9-5-4-6-10-15)24-20(26)16-11-7-8-12-17(16)21(24)27/h4-12,14,18H,3,13H2,1-2H3,(H,23,25). The van der Waals surface area contributed by atoms with Gasteiger partial charge in [0.2, 0.25) is 5.91 Å². The quantitative estimate of drug-likeness (QED) is 0.572. The molecule has 2 atom stereocenters. The zero-order chi connectivity index (χ0) is 21.0. The summed E-state index contributed by atoms with van der Waals surface area (Å²) >= 11 is 0. The Bertz CT molecular complexity index is 906. The lowest BCUT2D eigenvalue weighted by molar-refractivity contribution is -0.147. The number of hydrogen-bond acceptors (Lipinski definition) is 5. The van der Waals surface area contributed by atoms with Gasteiger partial charge in [0.25, 0.3) is 11.8 Å². The minimum absolute atomic E-state index is 0.133. The highest BCUT2D eigenvalue weighted by molar-refractivity contribution is 6.22. The van der Waals surface area contributed by atoms with Crippen molar-refractivity contribution in [3.05, 3.63) is 71.3 Å². The predicted molar refractivity (Wildman–Crippen MR) is 105 cm³/mol. The van der Waals surface area contributed by atoms with Crippen molar-refractivity contribution in [3.63, 3.8) is 0 Å². The molecular weight excluding hydrogens is 372 g/mol. The van der Waals surface area contributed by atoms with Crippen LogP contribution in [0.4, 0.5) is 0 Å². The largest absolute Gasteiger partial charge is 0.464 e. The van der Waals surface area contributed by atoms with E-state index >= 15 is 0 Å². The molecule has 0 radical (unpaired) electrons. The maximum absolute atomic E-state index is 13.0. The Morgan fingerprint density at radius 1 is 0.966 bits per heavy atom. The van der Waals surface area contributed by atoms with Gasteiger partial charge in [-0.1, -0.05) is 42.5 Å². The van der Waals surface area contributed by atoms with Gasteiger partial charge in [-0.2, -0.15) is 0 Å². The SMILES string of the molecule is CCOC(=O)C(C)NC(=O)C(Cc1ccccc1)N1C(=O)c2ccccc2C1=O. The molecule has 150 valence electrons. The van der Waals surface area contributed by atoms with Crippen LogP contribution in [0, 0.1) is 0 Å². The van der Waals surface area contributed by atoms with Crippen molar-refractivity contribution >= 4 is 23.7 Å². The maximum Gasteiger partial charge on any atom is 0.328 e. The molecule has 0 saturated heterocycles. The summed E-state index contributed by atoms with van der Waals surface area (Å²) in [6.45, 7) is 3.35. The van der Waals surface area contributed by atoms with Gasteiger partial charge in [-0.05, 0) is 31.5 Å². The molecule has 1 aliphatic heterocycles. The third-order valence-electron chi connectivity index (χ3n) is 4.71. The molecule has 0 spiro atoms. The van der Waals surface area contributed by atoms with Gasteiger partial charge in [-0.3, -0.25) is 19.3 Å². The molecule has 7 nitrogen and oxygen atoms in total. The minimum Gasteiger partial charge on any atom is -0.464 e. The van der Waals surface area contributed by atoms with Crippen LogP contribution < -0.4 is 5.32 Å². The Kier molecular flexibility index (Phi) is 6.07. The average molecular weight is 394 g/mol. The normalized spacial score (nSPS) is 14.9. The van der Waals surface area contributed by atoms with E-state index in [2.05, 4.69) is 5.32 Å². The molecule has 0 fully saturated rings. The van der Waals surface area contributed by atoms with Crippen LogP contribution in [0.25, 0.3) is 0 Å². The molecule has 1 heterocycles. The van der Waals surface area contributed by atoms with Gasteiger partial charge < -0.3 is 10.1 Å². The van der Waals surface area contributed by atoms with E-state index in [4.69, 9.17) is 4.74 Å². The fourth-order valence-electron chi connectivity index (χ4n) is 3.27. The number of hydrogen-bond donors (Lipinski definition) is 1. The molecule has 3 rings (SSSR count). The molecule has 2 aromatic rings. The summed E-state index contributed by atoms with van der Waals surface area (Å²) < 4.78 is 4.92. The lowest BCUT2D eigenvalue weighted by Crippen LogP contribution is -2.53. The van der Waals surface area contributed by atoms with Crippen molar-refractivity contribution in [1.29, 1.82) is 0 Å². The molecule has 2 unspecified atom stereocenters. The van der Waals surface area contributed by atoms with Crippen molar-refractivity contribution in [3.8, 4) is 0 Å². The number of rotatable bonds is 7. The number of amides is 3. The topological polar surface area (TPSA) is 92.8 Å². The lowest BCUT2D eigenvalue weighted by atomic mass is 10.0. The van der Waals surface area contributed by atoms with Crippen LogP contribution in [0.5, 0.6) is 0 Å². The zero-order valence-electron chi connectivity index (χ0n) is 16.3. The number of nitrogens with zero attached hydrogens (tertiary/aromatic N) is 1. The van der Waals surface area contributed by atoms with Crippen LogP contribution in [0.1, 0.15) is 40.1 Å². The third kappa shape index (κ3) is 4.18. The number of esters is 1. The van der Waals surface area contributed by atoms with E-state index in [0.29, 0.717) is 0 Å². The third-order valence-corrected chi connectivity index (χ3v) is 4.71. The minimum atomic E-state index is -1.10. The molecule has 1 aliphatic rings. The maximum atomic E-state index is 13.0. The van der Waals surface area contributed by atoms with Crippen molar-refractivity contribution in [2.45, 2.75) is 32.4 Å². The Balaban J connectivity index is 1.90. The number of carbonyl (C=O) groups is 4. The summed E-state index contributed by atoms with van der Waals surface area (Å²) in [5.74, 6) is -2.22. The number of ether oxygens (including phenoxy) is 1. The first-order chi connectivity index (χ1) is 13.9. The molecule has 7 heteroatoms. The molecule has 2 aromatic carbocycles. The second-order valence-corrected chi connectivity index (χ2v) is 6.71. The molecule has 3 amide bonds. The van der Waals surface area contributed by atoms with E-state index in [-0.39, 0.29) is 24.2 Å². The highest BCUT2D eigenvalue weighted by Crippen LogP contribution is 2.26. The predicted octanol–water partition coefficient (Wildman–Crippen LogP) is 1.96. The van der Waals surface area contributed by atoms with E-state index in [9.17, 15) is 19.2 Å². The Morgan fingerprint density at radius 3 is 2.07 bits per heavy atom. The monoisotopic (exact) mass is 394 g/mol. The number of nitrogens with one attached hydrogen (secondary N) is 1. The van der Waals surface area contributed by atoms with Gasteiger partial charge in [0.15, 0.2) is 0 Å². The number of imide groups is 1. The van der Waals surface area contributed by atoms with Gasteiger partial charge >= 0.3 is 5.97 Å². The number of benzene rings is 2. The van der Waals surface area contributed by atoms with Gasteiger partial charge in [-0.25, -0.2) is 4.79 Å². The van der Waals surface area contributed by atoms with E-state index in [1.165, 1.54) is 6.92 Å². The van der Waals surface area contributed by atoms with Gasteiger partial charge in [-0.15, -0.1) is 0 Å².